The molecule has 0 spiro atoms. The first-order chi connectivity index (χ1) is 9.19. The molecule has 5 rings (SSSR count). The van der Waals surface area contributed by atoms with Crippen molar-refractivity contribution in [1.29, 1.82) is 0 Å². The molecule has 0 radical (unpaired) electrons. The van der Waals surface area contributed by atoms with Gasteiger partial charge >= 0.3 is 0 Å². The Kier molecular flexibility index (Phi) is 2.87. The Bertz CT molecular complexity index is 353. The van der Waals surface area contributed by atoms with Crippen LogP contribution in [0.1, 0.15) is 51.4 Å². The minimum atomic E-state index is 0.201. The maximum Gasteiger partial charge on any atom is 0.223 e. The first kappa shape index (κ1) is 12.2. The molecule has 3 nitrogen and oxygen atoms in total. The van der Waals surface area contributed by atoms with Crippen molar-refractivity contribution >= 4 is 5.91 Å². The largest absolute Gasteiger partial charge is 0.353 e. The predicted molar refractivity (Wildman–Crippen MR) is 74.3 cm³/mol. The van der Waals surface area contributed by atoms with Crippen LogP contribution >= 0.6 is 0 Å². The summed E-state index contributed by atoms with van der Waals surface area (Å²) in [6.45, 7) is 0. The molecule has 2 atom stereocenters. The lowest BCUT2D eigenvalue weighted by Gasteiger charge is -2.54. The summed E-state index contributed by atoms with van der Waals surface area (Å²) in [5.74, 6) is 4.05. The summed E-state index contributed by atoms with van der Waals surface area (Å²) in [7, 11) is 0. The fourth-order valence-corrected chi connectivity index (χ4v) is 5.70. The molecule has 4 bridgehead atoms. The summed E-state index contributed by atoms with van der Waals surface area (Å²) >= 11 is 0. The second-order valence-corrected chi connectivity index (χ2v) is 7.74. The first-order valence-electron chi connectivity index (χ1n) is 8.25. The number of carbonyl (C=O) groups is 1. The number of hydrogen-bond donors (Lipinski definition) is 2. The maximum absolute atomic E-state index is 12.4. The molecule has 0 aromatic carbocycles. The number of hydrogen-bond acceptors (Lipinski definition) is 2. The van der Waals surface area contributed by atoms with Gasteiger partial charge in [0, 0.05) is 18.0 Å². The van der Waals surface area contributed by atoms with Gasteiger partial charge in [-0.05, 0) is 75.0 Å². The highest BCUT2D eigenvalue weighted by molar-refractivity contribution is 5.79. The van der Waals surface area contributed by atoms with E-state index in [2.05, 4.69) is 5.32 Å². The number of nitrogens with one attached hydrogen (secondary N) is 1. The SMILES string of the molecule is NC1CCC(C(=O)NC2C3CC4CC(C3)CC2C4)C1. The van der Waals surface area contributed by atoms with Crippen molar-refractivity contribution in [3.63, 3.8) is 0 Å². The third kappa shape index (κ3) is 2.10. The quantitative estimate of drug-likeness (QED) is 0.800. The molecule has 0 aliphatic heterocycles. The van der Waals surface area contributed by atoms with Crippen LogP contribution in [0, 0.1) is 29.6 Å². The first-order valence-corrected chi connectivity index (χ1v) is 8.25. The van der Waals surface area contributed by atoms with E-state index >= 15 is 0 Å². The second kappa shape index (κ2) is 4.47. The molecule has 3 heteroatoms. The summed E-state index contributed by atoms with van der Waals surface area (Å²) in [6, 6.07) is 0.756. The van der Waals surface area contributed by atoms with Gasteiger partial charge in [-0.25, -0.2) is 0 Å². The van der Waals surface area contributed by atoms with Crippen molar-refractivity contribution in [2.45, 2.75) is 63.5 Å². The van der Waals surface area contributed by atoms with Crippen molar-refractivity contribution in [3.8, 4) is 0 Å². The van der Waals surface area contributed by atoms with Gasteiger partial charge in [-0.2, -0.15) is 0 Å². The van der Waals surface area contributed by atoms with Gasteiger partial charge in [0.05, 0.1) is 0 Å². The Morgan fingerprint density at radius 2 is 1.53 bits per heavy atom. The van der Waals surface area contributed by atoms with Crippen molar-refractivity contribution in [3.05, 3.63) is 0 Å². The smallest absolute Gasteiger partial charge is 0.223 e. The topological polar surface area (TPSA) is 55.1 Å². The average Bonchev–Trinajstić information content (AvgIpc) is 2.79. The van der Waals surface area contributed by atoms with Crippen molar-refractivity contribution in [2.75, 3.05) is 0 Å². The summed E-state index contributed by atoms with van der Waals surface area (Å²) in [6.07, 6.45) is 9.92. The van der Waals surface area contributed by atoms with Crippen molar-refractivity contribution < 1.29 is 4.79 Å². The zero-order valence-corrected chi connectivity index (χ0v) is 11.7. The van der Waals surface area contributed by atoms with E-state index in [-0.39, 0.29) is 12.0 Å². The Morgan fingerprint density at radius 1 is 0.895 bits per heavy atom. The molecular weight excluding hydrogens is 236 g/mol. The molecule has 106 valence electrons. The highest BCUT2D eigenvalue weighted by Gasteiger charge is 2.49. The highest BCUT2D eigenvalue weighted by atomic mass is 16.2. The van der Waals surface area contributed by atoms with Crippen LogP contribution in [0.15, 0.2) is 0 Å². The van der Waals surface area contributed by atoms with Gasteiger partial charge in [0.25, 0.3) is 0 Å². The van der Waals surface area contributed by atoms with E-state index in [0.29, 0.717) is 11.9 Å². The summed E-state index contributed by atoms with van der Waals surface area (Å²) in [5.41, 5.74) is 5.93. The summed E-state index contributed by atoms with van der Waals surface area (Å²) in [5, 5.41) is 3.43. The van der Waals surface area contributed by atoms with Gasteiger partial charge in [0.2, 0.25) is 5.91 Å². The second-order valence-electron chi connectivity index (χ2n) is 7.74. The lowest BCUT2D eigenvalue weighted by molar-refractivity contribution is -0.128. The lowest BCUT2D eigenvalue weighted by atomic mass is 9.54. The monoisotopic (exact) mass is 262 g/mol. The van der Waals surface area contributed by atoms with Gasteiger partial charge in [0.15, 0.2) is 0 Å². The van der Waals surface area contributed by atoms with E-state index < -0.39 is 0 Å². The van der Waals surface area contributed by atoms with Crippen molar-refractivity contribution in [1.82, 2.24) is 5.32 Å². The van der Waals surface area contributed by atoms with Crippen LogP contribution in [0.4, 0.5) is 0 Å². The molecule has 1 amide bonds. The van der Waals surface area contributed by atoms with Crippen LogP contribution < -0.4 is 11.1 Å². The number of rotatable bonds is 2. The van der Waals surface area contributed by atoms with E-state index in [4.69, 9.17) is 5.73 Å². The van der Waals surface area contributed by atoms with Crippen LogP contribution in [0.2, 0.25) is 0 Å². The van der Waals surface area contributed by atoms with Crippen LogP contribution in [-0.4, -0.2) is 18.0 Å². The molecule has 3 N–H and O–H groups in total. The Labute approximate surface area is 115 Å². The standard InChI is InChI=1S/C16H26N2O/c17-14-2-1-11(8-14)16(19)18-15-12-4-9-3-10(6-12)7-13(15)5-9/h9-15H,1-8,17H2,(H,18,19). The van der Waals surface area contributed by atoms with E-state index in [1.165, 1.54) is 32.1 Å². The van der Waals surface area contributed by atoms with E-state index in [0.717, 1.165) is 42.9 Å². The minimum Gasteiger partial charge on any atom is -0.353 e. The molecule has 0 aromatic rings. The predicted octanol–water partition coefficient (Wildman–Crippen LogP) is 2.05. The zero-order valence-electron chi connectivity index (χ0n) is 11.7. The maximum atomic E-state index is 12.4. The number of nitrogens with two attached hydrogens (primary N) is 1. The molecule has 0 heterocycles. The van der Waals surface area contributed by atoms with Gasteiger partial charge in [-0.1, -0.05) is 0 Å². The van der Waals surface area contributed by atoms with E-state index in [1.807, 2.05) is 0 Å². The van der Waals surface area contributed by atoms with Crippen LogP contribution in [-0.2, 0) is 4.79 Å². The Balaban J connectivity index is 1.41. The lowest BCUT2D eigenvalue weighted by Crippen LogP contribution is -2.56. The molecule has 5 saturated carbocycles. The summed E-state index contributed by atoms with van der Waals surface area (Å²) < 4.78 is 0. The fraction of sp³-hybridized carbons (Fsp3) is 0.938. The molecule has 0 aromatic heterocycles. The Morgan fingerprint density at radius 3 is 2.05 bits per heavy atom. The van der Waals surface area contributed by atoms with Crippen LogP contribution in [0.5, 0.6) is 0 Å². The minimum absolute atomic E-state index is 0.201. The molecule has 2 unspecified atom stereocenters. The van der Waals surface area contributed by atoms with E-state index in [1.54, 1.807) is 0 Å². The molecular formula is C16H26N2O. The van der Waals surface area contributed by atoms with Crippen LogP contribution in [0.3, 0.4) is 0 Å². The zero-order chi connectivity index (χ0) is 13.0. The molecule has 19 heavy (non-hydrogen) atoms. The van der Waals surface area contributed by atoms with Gasteiger partial charge in [-0.3, -0.25) is 4.79 Å². The van der Waals surface area contributed by atoms with E-state index in [9.17, 15) is 4.79 Å². The fourth-order valence-electron chi connectivity index (χ4n) is 5.70. The van der Waals surface area contributed by atoms with Gasteiger partial charge in [0.1, 0.15) is 0 Å². The third-order valence-corrected chi connectivity index (χ3v) is 6.38. The van der Waals surface area contributed by atoms with Gasteiger partial charge in [-0.15, -0.1) is 0 Å². The normalized spacial score (nSPS) is 51.5. The molecule has 5 aliphatic rings. The molecule has 5 fully saturated rings. The molecule has 0 saturated heterocycles. The molecule has 5 aliphatic carbocycles. The third-order valence-electron chi connectivity index (χ3n) is 6.38. The number of amides is 1. The number of carbonyl (C=O) groups excluding carboxylic acids is 1. The summed E-state index contributed by atoms with van der Waals surface area (Å²) in [4.78, 5) is 12.4. The van der Waals surface area contributed by atoms with Crippen LogP contribution in [0.25, 0.3) is 0 Å². The highest BCUT2D eigenvalue weighted by Crippen LogP contribution is 2.53. The van der Waals surface area contributed by atoms with Crippen molar-refractivity contribution in [2.24, 2.45) is 35.3 Å². The average molecular weight is 262 g/mol. The van der Waals surface area contributed by atoms with Gasteiger partial charge < -0.3 is 11.1 Å². The Hall–Kier alpha value is -0.570.